The van der Waals surface area contributed by atoms with Gasteiger partial charge in [-0.05, 0) is 44.9 Å². The molecule has 138 valence electrons. The second kappa shape index (κ2) is 8.47. The lowest BCUT2D eigenvalue weighted by Gasteiger charge is -2.14. The second-order valence-electron chi connectivity index (χ2n) is 6.27. The Labute approximate surface area is 156 Å². The molecule has 6 heteroatoms. The van der Waals surface area contributed by atoms with Crippen molar-refractivity contribution in [2.45, 2.75) is 32.8 Å². The predicted octanol–water partition coefficient (Wildman–Crippen LogP) is 3.96. The first kappa shape index (κ1) is 18.6. The highest BCUT2D eigenvalue weighted by Crippen LogP contribution is 2.23. The lowest BCUT2D eigenvalue weighted by Crippen LogP contribution is -2.19. The molecule has 26 heavy (non-hydrogen) atoms. The van der Waals surface area contributed by atoms with Crippen molar-refractivity contribution in [2.24, 2.45) is 0 Å². The van der Waals surface area contributed by atoms with Crippen molar-refractivity contribution in [3.8, 4) is 5.75 Å². The fourth-order valence-electron chi connectivity index (χ4n) is 2.91. The van der Waals surface area contributed by atoms with Gasteiger partial charge in [0.2, 0.25) is 5.78 Å². The Morgan fingerprint density at radius 3 is 2.73 bits per heavy atom. The molecule has 1 aliphatic heterocycles. The average Bonchev–Trinajstić information content (AvgIpc) is 3.27. The van der Waals surface area contributed by atoms with Crippen LogP contribution >= 0.6 is 11.3 Å². The van der Waals surface area contributed by atoms with Gasteiger partial charge in [-0.2, -0.15) is 0 Å². The van der Waals surface area contributed by atoms with Crippen LogP contribution in [0.25, 0.3) is 0 Å². The molecule has 5 nitrogen and oxygen atoms in total. The Morgan fingerprint density at radius 1 is 1.23 bits per heavy atom. The summed E-state index contributed by atoms with van der Waals surface area (Å²) in [6.07, 6.45) is 2.05. The van der Waals surface area contributed by atoms with E-state index in [-0.39, 0.29) is 18.5 Å². The third kappa shape index (κ3) is 4.51. The van der Waals surface area contributed by atoms with Crippen LogP contribution in [0.3, 0.4) is 0 Å². The number of benzene rings is 1. The molecule has 1 aromatic heterocycles. The Hall–Kier alpha value is -2.18. The Morgan fingerprint density at radius 2 is 2.04 bits per heavy atom. The molecule has 1 fully saturated rings. The molecule has 0 spiro atoms. The molecule has 3 rings (SSSR count). The van der Waals surface area contributed by atoms with Crippen molar-refractivity contribution in [1.29, 1.82) is 0 Å². The largest absolute Gasteiger partial charge is 0.490 e. The number of para-hydroxylation sites is 1. The first-order valence-corrected chi connectivity index (χ1v) is 9.47. The maximum Gasteiger partial charge on any atom is 0.342 e. The van der Waals surface area contributed by atoms with Crippen molar-refractivity contribution >= 4 is 23.1 Å². The molecule has 2 heterocycles. The zero-order valence-corrected chi connectivity index (χ0v) is 15.8. The fourth-order valence-corrected chi connectivity index (χ4v) is 3.86. The number of hydrogen-bond acceptors (Lipinski definition) is 6. The van der Waals surface area contributed by atoms with Crippen molar-refractivity contribution in [2.75, 3.05) is 19.8 Å². The number of Topliss-reactive ketones (excluding diaryl/α,β-unsaturated/α-hetero) is 1. The van der Waals surface area contributed by atoms with Crippen LogP contribution in [0.5, 0.6) is 5.75 Å². The van der Waals surface area contributed by atoms with E-state index in [4.69, 9.17) is 14.2 Å². The number of hydrogen-bond donors (Lipinski definition) is 0. The number of thiophene rings is 1. The van der Waals surface area contributed by atoms with E-state index in [0.29, 0.717) is 23.5 Å². The summed E-state index contributed by atoms with van der Waals surface area (Å²) in [6, 6.07) is 8.72. The van der Waals surface area contributed by atoms with E-state index in [2.05, 4.69) is 0 Å². The number of ketones is 1. The smallest absolute Gasteiger partial charge is 0.342 e. The van der Waals surface area contributed by atoms with Crippen LogP contribution in [0.2, 0.25) is 0 Å². The standard InChI is InChI=1S/C20H22O5S/c1-13-10-17(14(2)26-13)18(21)12-25-20(22)16-7-3-4-8-19(16)24-11-15-6-5-9-23-15/h3-4,7-8,10,15H,5-6,9,11-12H2,1-2H3. The van der Waals surface area contributed by atoms with Gasteiger partial charge in [0, 0.05) is 21.9 Å². The quantitative estimate of drug-likeness (QED) is 0.542. The van der Waals surface area contributed by atoms with Crippen LogP contribution in [0.4, 0.5) is 0 Å². The number of aryl methyl sites for hydroxylation is 2. The molecule has 2 aromatic rings. The van der Waals surface area contributed by atoms with Crippen molar-refractivity contribution < 1.29 is 23.8 Å². The van der Waals surface area contributed by atoms with Crippen LogP contribution in [0.1, 0.15) is 43.3 Å². The summed E-state index contributed by atoms with van der Waals surface area (Å²) in [6.45, 7) is 4.71. The summed E-state index contributed by atoms with van der Waals surface area (Å²) in [4.78, 5) is 26.7. The van der Waals surface area contributed by atoms with Gasteiger partial charge in [-0.1, -0.05) is 12.1 Å². The molecular weight excluding hydrogens is 352 g/mol. The topological polar surface area (TPSA) is 61.8 Å². The third-order valence-corrected chi connectivity index (χ3v) is 5.20. The van der Waals surface area contributed by atoms with E-state index in [0.717, 1.165) is 29.2 Å². The van der Waals surface area contributed by atoms with Crippen molar-refractivity contribution in [1.82, 2.24) is 0 Å². The van der Waals surface area contributed by atoms with E-state index in [9.17, 15) is 9.59 Å². The highest BCUT2D eigenvalue weighted by atomic mass is 32.1. The summed E-state index contributed by atoms with van der Waals surface area (Å²) in [7, 11) is 0. The fraction of sp³-hybridized carbons (Fsp3) is 0.400. The van der Waals surface area contributed by atoms with Gasteiger partial charge in [-0.15, -0.1) is 11.3 Å². The monoisotopic (exact) mass is 374 g/mol. The number of carbonyl (C=O) groups excluding carboxylic acids is 2. The zero-order chi connectivity index (χ0) is 18.5. The Balaban J connectivity index is 1.60. The molecule has 1 unspecified atom stereocenters. The van der Waals surface area contributed by atoms with Crippen LogP contribution in [-0.4, -0.2) is 37.7 Å². The molecule has 1 saturated heterocycles. The molecule has 0 aliphatic carbocycles. The molecule has 0 radical (unpaired) electrons. The van der Waals surface area contributed by atoms with Crippen LogP contribution in [-0.2, 0) is 9.47 Å². The average molecular weight is 374 g/mol. The molecule has 0 N–H and O–H groups in total. The molecule has 1 aromatic carbocycles. The maximum absolute atomic E-state index is 12.4. The van der Waals surface area contributed by atoms with Gasteiger partial charge in [0.05, 0.1) is 6.10 Å². The SMILES string of the molecule is Cc1cc(C(=O)COC(=O)c2ccccc2OCC2CCCO2)c(C)s1. The summed E-state index contributed by atoms with van der Waals surface area (Å²) in [5.41, 5.74) is 0.930. The van der Waals surface area contributed by atoms with E-state index < -0.39 is 5.97 Å². The van der Waals surface area contributed by atoms with Crippen molar-refractivity contribution in [3.05, 3.63) is 51.2 Å². The minimum atomic E-state index is -0.564. The predicted molar refractivity (Wildman–Crippen MR) is 99.3 cm³/mol. The van der Waals surface area contributed by atoms with Gasteiger partial charge in [0.1, 0.15) is 17.9 Å². The highest BCUT2D eigenvalue weighted by Gasteiger charge is 2.20. The minimum Gasteiger partial charge on any atom is -0.490 e. The van der Waals surface area contributed by atoms with E-state index in [1.54, 1.807) is 35.6 Å². The van der Waals surface area contributed by atoms with Crippen molar-refractivity contribution in [3.63, 3.8) is 0 Å². The van der Waals surface area contributed by atoms with Crippen LogP contribution in [0, 0.1) is 13.8 Å². The molecule has 0 amide bonds. The molecule has 1 aliphatic rings. The summed E-state index contributed by atoms with van der Waals surface area (Å²) in [5, 5.41) is 0. The number of ether oxygens (including phenoxy) is 3. The maximum atomic E-state index is 12.4. The summed E-state index contributed by atoms with van der Waals surface area (Å²) in [5.74, 6) is -0.313. The lowest BCUT2D eigenvalue weighted by molar-refractivity contribution is 0.0459. The number of rotatable bonds is 7. The van der Waals surface area contributed by atoms with Crippen LogP contribution < -0.4 is 4.74 Å². The number of carbonyl (C=O) groups is 2. The molecular formula is C20H22O5S. The van der Waals surface area contributed by atoms with Gasteiger partial charge in [-0.25, -0.2) is 4.79 Å². The first-order chi connectivity index (χ1) is 12.5. The normalized spacial score (nSPS) is 16.5. The van der Waals surface area contributed by atoms with E-state index >= 15 is 0 Å². The van der Waals surface area contributed by atoms with E-state index in [1.807, 2.05) is 19.9 Å². The molecule has 0 bridgehead atoms. The molecule has 0 saturated carbocycles. The van der Waals surface area contributed by atoms with Gasteiger partial charge < -0.3 is 14.2 Å². The van der Waals surface area contributed by atoms with Gasteiger partial charge >= 0.3 is 5.97 Å². The second-order valence-corrected chi connectivity index (χ2v) is 7.73. The minimum absolute atomic E-state index is 0.0606. The lowest BCUT2D eigenvalue weighted by atomic mass is 10.1. The first-order valence-electron chi connectivity index (χ1n) is 8.65. The zero-order valence-electron chi connectivity index (χ0n) is 14.9. The summed E-state index contributed by atoms with van der Waals surface area (Å²) >= 11 is 1.56. The van der Waals surface area contributed by atoms with Gasteiger partial charge in [0.15, 0.2) is 6.61 Å². The highest BCUT2D eigenvalue weighted by molar-refractivity contribution is 7.12. The third-order valence-electron chi connectivity index (χ3n) is 4.23. The van der Waals surface area contributed by atoms with E-state index in [1.165, 1.54) is 0 Å². The Bertz CT molecular complexity index is 789. The Kier molecular flexibility index (Phi) is 6.06. The van der Waals surface area contributed by atoms with Crippen LogP contribution in [0.15, 0.2) is 30.3 Å². The van der Waals surface area contributed by atoms with Gasteiger partial charge in [0.25, 0.3) is 0 Å². The summed E-state index contributed by atoms with van der Waals surface area (Å²) < 4.78 is 16.5. The number of esters is 1. The molecule has 1 atom stereocenters. The van der Waals surface area contributed by atoms with Gasteiger partial charge in [-0.3, -0.25) is 4.79 Å².